The van der Waals surface area contributed by atoms with Crippen LogP contribution in [0.4, 0.5) is 5.82 Å². The molecule has 0 spiro atoms. The van der Waals surface area contributed by atoms with Gasteiger partial charge in [0.25, 0.3) is 5.91 Å². The third-order valence-corrected chi connectivity index (χ3v) is 4.11. The quantitative estimate of drug-likeness (QED) is 0.867. The van der Waals surface area contributed by atoms with E-state index in [1.54, 1.807) is 18.3 Å². The first-order valence-electron chi connectivity index (χ1n) is 8.69. The number of anilines is 1. The molecule has 0 radical (unpaired) electrons. The lowest BCUT2D eigenvalue weighted by Crippen LogP contribution is -2.31. The Morgan fingerprint density at radius 1 is 1.20 bits per heavy atom. The van der Waals surface area contributed by atoms with Gasteiger partial charge >= 0.3 is 0 Å². The van der Waals surface area contributed by atoms with E-state index in [0.29, 0.717) is 24.7 Å². The van der Waals surface area contributed by atoms with E-state index in [-0.39, 0.29) is 5.91 Å². The molecule has 7 nitrogen and oxygen atoms in total. The van der Waals surface area contributed by atoms with Crippen molar-refractivity contribution in [3.05, 3.63) is 42.0 Å². The molecule has 2 aromatic heterocycles. The van der Waals surface area contributed by atoms with E-state index in [1.807, 2.05) is 13.0 Å². The average Bonchev–Trinajstić information content (AvgIpc) is 2.68. The summed E-state index contributed by atoms with van der Waals surface area (Å²) in [5.41, 5.74) is 1.29. The summed E-state index contributed by atoms with van der Waals surface area (Å²) in [5, 5.41) is 2.87. The van der Waals surface area contributed by atoms with Crippen LogP contribution in [0.5, 0.6) is 5.88 Å². The van der Waals surface area contributed by atoms with Gasteiger partial charge in [-0.2, -0.15) is 0 Å². The minimum atomic E-state index is -0.213. The zero-order chi connectivity index (χ0) is 17.5. The van der Waals surface area contributed by atoms with Crippen molar-refractivity contribution >= 4 is 11.7 Å². The van der Waals surface area contributed by atoms with Crippen LogP contribution in [0.2, 0.25) is 0 Å². The van der Waals surface area contributed by atoms with Crippen LogP contribution in [0.25, 0.3) is 0 Å². The van der Waals surface area contributed by atoms with Crippen molar-refractivity contribution < 1.29 is 9.53 Å². The number of nitrogens with zero attached hydrogens (tertiary/aromatic N) is 4. The molecule has 7 heteroatoms. The second kappa shape index (κ2) is 8.41. The summed E-state index contributed by atoms with van der Waals surface area (Å²) >= 11 is 0. The molecule has 1 amide bonds. The first-order chi connectivity index (χ1) is 12.3. The number of carbonyl (C=O) groups excluding carboxylic acids is 1. The van der Waals surface area contributed by atoms with Crippen LogP contribution in [0.3, 0.4) is 0 Å². The standard InChI is InChI=1S/C18H23N5O2/c1-2-25-17-7-6-14(11-19-17)12-20-18(24)15-10-16(22-13-21-15)23-8-4-3-5-9-23/h6-7,10-11,13H,2-5,8-9,12H2,1H3,(H,20,24). The van der Waals surface area contributed by atoms with Crippen molar-refractivity contribution in [2.75, 3.05) is 24.6 Å². The molecule has 1 N–H and O–H groups in total. The molecule has 0 atom stereocenters. The number of hydrogen-bond donors (Lipinski definition) is 1. The molecule has 132 valence electrons. The summed E-state index contributed by atoms with van der Waals surface area (Å²) in [6.45, 7) is 4.85. The predicted octanol–water partition coefficient (Wildman–Crippen LogP) is 2.19. The van der Waals surface area contributed by atoms with Crippen LogP contribution in [-0.4, -0.2) is 40.6 Å². The van der Waals surface area contributed by atoms with Crippen LogP contribution in [0, 0.1) is 0 Å². The smallest absolute Gasteiger partial charge is 0.270 e. The van der Waals surface area contributed by atoms with Crippen molar-refractivity contribution in [3.63, 3.8) is 0 Å². The second-order valence-electron chi connectivity index (χ2n) is 5.93. The topological polar surface area (TPSA) is 80.2 Å². The zero-order valence-corrected chi connectivity index (χ0v) is 14.4. The van der Waals surface area contributed by atoms with Crippen LogP contribution < -0.4 is 15.0 Å². The molecule has 25 heavy (non-hydrogen) atoms. The fourth-order valence-electron chi connectivity index (χ4n) is 2.79. The van der Waals surface area contributed by atoms with Gasteiger partial charge in [0, 0.05) is 38.0 Å². The van der Waals surface area contributed by atoms with Crippen molar-refractivity contribution in [2.24, 2.45) is 0 Å². The molecule has 1 aliphatic rings. The van der Waals surface area contributed by atoms with Crippen LogP contribution in [0.1, 0.15) is 42.2 Å². The molecule has 0 unspecified atom stereocenters. The summed E-state index contributed by atoms with van der Waals surface area (Å²) in [4.78, 5) is 27.2. The van der Waals surface area contributed by atoms with Gasteiger partial charge in [-0.25, -0.2) is 15.0 Å². The molecule has 0 aliphatic carbocycles. The van der Waals surface area contributed by atoms with Gasteiger partial charge in [0.15, 0.2) is 0 Å². The number of hydrogen-bond acceptors (Lipinski definition) is 6. The molecule has 0 saturated carbocycles. The fraction of sp³-hybridized carbons (Fsp3) is 0.444. The van der Waals surface area contributed by atoms with Crippen LogP contribution in [0.15, 0.2) is 30.7 Å². The van der Waals surface area contributed by atoms with Gasteiger partial charge in [0.05, 0.1) is 6.61 Å². The number of pyridine rings is 1. The Labute approximate surface area is 147 Å². The lowest BCUT2D eigenvalue weighted by molar-refractivity contribution is 0.0945. The minimum absolute atomic E-state index is 0.213. The van der Waals surface area contributed by atoms with E-state index < -0.39 is 0 Å². The Hall–Kier alpha value is -2.70. The third kappa shape index (κ3) is 4.65. The Morgan fingerprint density at radius 2 is 2.04 bits per heavy atom. The number of rotatable bonds is 6. The molecular weight excluding hydrogens is 318 g/mol. The van der Waals surface area contributed by atoms with E-state index in [4.69, 9.17) is 4.74 Å². The highest BCUT2D eigenvalue weighted by Crippen LogP contribution is 2.17. The van der Waals surface area contributed by atoms with Crippen molar-refractivity contribution in [2.45, 2.75) is 32.7 Å². The molecule has 2 aromatic rings. The van der Waals surface area contributed by atoms with E-state index in [9.17, 15) is 4.79 Å². The SMILES string of the molecule is CCOc1ccc(CNC(=O)c2cc(N3CCCCC3)ncn2)cn1. The van der Waals surface area contributed by atoms with Gasteiger partial charge in [0.2, 0.25) is 5.88 Å². The molecule has 0 bridgehead atoms. The number of carbonyl (C=O) groups is 1. The summed E-state index contributed by atoms with van der Waals surface area (Å²) in [6.07, 6.45) is 6.74. The predicted molar refractivity (Wildman–Crippen MR) is 94.7 cm³/mol. The van der Waals surface area contributed by atoms with Gasteiger partial charge in [-0.3, -0.25) is 4.79 Å². The van der Waals surface area contributed by atoms with E-state index in [1.165, 1.54) is 12.7 Å². The highest BCUT2D eigenvalue weighted by Gasteiger charge is 2.15. The van der Waals surface area contributed by atoms with Gasteiger partial charge in [-0.05, 0) is 31.7 Å². The van der Waals surface area contributed by atoms with Crippen molar-refractivity contribution in [3.8, 4) is 5.88 Å². The van der Waals surface area contributed by atoms with Crippen molar-refractivity contribution in [1.29, 1.82) is 0 Å². The monoisotopic (exact) mass is 341 g/mol. The number of ether oxygens (including phenoxy) is 1. The van der Waals surface area contributed by atoms with E-state index >= 15 is 0 Å². The first kappa shape index (κ1) is 17.1. The Balaban J connectivity index is 1.59. The number of amides is 1. The molecule has 0 aromatic carbocycles. The molecule has 1 aliphatic heterocycles. The summed E-state index contributed by atoms with van der Waals surface area (Å²) < 4.78 is 5.31. The number of aromatic nitrogens is 3. The van der Waals surface area contributed by atoms with Gasteiger partial charge < -0.3 is 15.0 Å². The maximum absolute atomic E-state index is 12.4. The lowest BCUT2D eigenvalue weighted by atomic mass is 10.1. The Bertz CT molecular complexity index is 699. The van der Waals surface area contributed by atoms with Crippen LogP contribution >= 0.6 is 0 Å². The summed E-state index contributed by atoms with van der Waals surface area (Å²) in [7, 11) is 0. The second-order valence-corrected chi connectivity index (χ2v) is 5.93. The number of nitrogens with one attached hydrogen (secondary N) is 1. The molecule has 1 fully saturated rings. The fourth-order valence-corrected chi connectivity index (χ4v) is 2.79. The minimum Gasteiger partial charge on any atom is -0.478 e. The number of piperidine rings is 1. The maximum Gasteiger partial charge on any atom is 0.270 e. The van der Waals surface area contributed by atoms with Gasteiger partial charge in [0.1, 0.15) is 17.8 Å². The largest absolute Gasteiger partial charge is 0.478 e. The summed E-state index contributed by atoms with van der Waals surface area (Å²) in [6, 6.07) is 5.44. The molecule has 3 rings (SSSR count). The van der Waals surface area contributed by atoms with E-state index in [0.717, 1.165) is 37.3 Å². The maximum atomic E-state index is 12.4. The third-order valence-electron chi connectivity index (χ3n) is 4.11. The Kier molecular flexibility index (Phi) is 5.77. The lowest BCUT2D eigenvalue weighted by Gasteiger charge is -2.27. The molecule has 3 heterocycles. The van der Waals surface area contributed by atoms with Gasteiger partial charge in [-0.1, -0.05) is 6.07 Å². The first-order valence-corrected chi connectivity index (χ1v) is 8.69. The zero-order valence-electron chi connectivity index (χ0n) is 14.4. The van der Waals surface area contributed by atoms with Crippen molar-refractivity contribution in [1.82, 2.24) is 20.3 Å². The summed E-state index contributed by atoms with van der Waals surface area (Å²) in [5.74, 6) is 1.19. The molecule has 1 saturated heterocycles. The normalized spacial score (nSPS) is 14.2. The highest BCUT2D eigenvalue weighted by atomic mass is 16.5. The average molecular weight is 341 g/mol. The van der Waals surface area contributed by atoms with E-state index in [2.05, 4.69) is 25.2 Å². The Morgan fingerprint density at radius 3 is 2.76 bits per heavy atom. The van der Waals surface area contributed by atoms with Crippen LogP contribution in [-0.2, 0) is 6.54 Å². The highest BCUT2D eigenvalue weighted by molar-refractivity contribution is 5.92. The van der Waals surface area contributed by atoms with Gasteiger partial charge in [-0.15, -0.1) is 0 Å². The molecular formula is C18H23N5O2.